The van der Waals surface area contributed by atoms with Gasteiger partial charge < -0.3 is 9.47 Å². The third kappa shape index (κ3) is 2.91. The fraction of sp³-hybridized carbons (Fsp3) is 0.238. The molecule has 0 unspecified atom stereocenters. The van der Waals surface area contributed by atoms with Crippen molar-refractivity contribution in [3.05, 3.63) is 83.2 Å². The Hall–Kier alpha value is -2.31. The van der Waals surface area contributed by atoms with Gasteiger partial charge in [-0.15, -0.1) is 0 Å². The Kier molecular flexibility index (Phi) is 4.40. The van der Waals surface area contributed by atoms with Crippen molar-refractivity contribution < 1.29 is 4.39 Å². The first kappa shape index (κ1) is 17.8. The Balaban J connectivity index is 1.61. The fourth-order valence-corrected chi connectivity index (χ4v) is 5.21. The molecule has 28 heavy (non-hydrogen) atoms. The minimum Gasteiger partial charge on any atom is -0.339 e. The van der Waals surface area contributed by atoms with Gasteiger partial charge in [0.25, 0.3) is 0 Å². The highest BCUT2D eigenvalue weighted by atomic mass is 35.5. The van der Waals surface area contributed by atoms with Gasteiger partial charge in [0.05, 0.1) is 16.8 Å². The summed E-state index contributed by atoms with van der Waals surface area (Å²) in [4.78, 5) is 12.0. The van der Waals surface area contributed by atoms with E-state index in [9.17, 15) is 4.39 Å². The maximum atomic E-state index is 13.7. The summed E-state index contributed by atoms with van der Waals surface area (Å²) in [6.45, 7) is 3.16. The highest BCUT2D eigenvalue weighted by Gasteiger charge is 2.44. The van der Waals surface area contributed by atoms with E-state index in [2.05, 4.69) is 27.4 Å². The Morgan fingerprint density at radius 2 is 2.07 bits per heavy atom. The zero-order valence-corrected chi connectivity index (χ0v) is 16.7. The van der Waals surface area contributed by atoms with Crippen molar-refractivity contribution in [3.63, 3.8) is 0 Å². The van der Waals surface area contributed by atoms with Crippen LogP contribution in [0.4, 0.5) is 4.39 Å². The van der Waals surface area contributed by atoms with E-state index in [0.29, 0.717) is 5.25 Å². The maximum Gasteiger partial charge on any atom is 0.160 e. The predicted octanol–water partition coefficient (Wildman–Crippen LogP) is 5.25. The molecule has 4 heterocycles. The van der Waals surface area contributed by atoms with E-state index in [1.807, 2.05) is 48.4 Å². The second kappa shape index (κ2) is 6.94. The number of nitrogens with zero attached hydrogens (tertiary/aromatic N) is 4. The molecule has 0 spiro atoms. The van der Waals surface area contributed by atoms with Crippen molar-refractivity contribution in [1.82, 2.24) is 14.5 Å². The number of hydrogen-bond acceptors (Lipinski definition) is 4. The number of pyridine rings is 1. The van der Waals surface area contributed by atoms with Crippen molar-refractivity contribution in [3.8, 4) is 5.69 Å². The van der Waals surface area contributed by atoms with Crippen LogP contribution in [0.1, 0.15) is 30.4 Å². The van der Waals surface area contributed by atoms with Gasteiger partial charge in [-0.2, -0.15) is 0 Å². The van der Waals surface area contributed by atoms with Crippen LogP contribution in [-0.4, -0.2) is 31.4 Å². The molecule has 3 atom stereocenters. The largest absolute Gasteiger partial charge is 0.339 e. The number of aliphatic imine (C=N–C) groups is 1. The Labute approximate surface area is 172 Å². The molecule has 1 saturated heterocycles. The summed E-state index contributed by atoms with van der Waals surface area (Å²) in [7, 11) is 0. The lowest BCUT2D eigenvalue weighted by Crippen LogP contribution is -2.30. The van der Waals surface area contributed by atoms with Crippen molar-refractivity contribution >= 4 is 28.5 Å². The number of amidine groups is 1. The second-order valence-corrected chi connectivity index (χ2v) is 8.85. The summed E-state index contributed by atoms with van der Waals surface area (Å²) < 4.78 is 15.7. The number of rotatable bonds is 3. The minimum absolute atomic E-state index is 0.0289. The predicted molar refractivity (Wildman–Crippen MR) is 112 cm³/mol. The average molecular weight is 413 g/mol. The van der Waals surface area contributed by atoms with Crippen LogP contribution in [0, 0.1) is 5.82 Å². The molecule has 2 aromatic heterocycles. The lowest BCUT2D eigenvalue weighted by molar-refractivity contribution is 0.312. The van der Waals surface area contributed by atoms with E-state index in [4.69, 9.17) is 16.6 Å². The first-order valence-electron chi connectivity index (χ1n) is 9.16. The van der Waals surface area contributed by atoms with Gasteiger partial charge in [0.1, 0.15) is 11.9 Å². The lowest BCUT2D eigenvalue weighted by atomic mass is 10.0. The summed E-state index contributed by atoms with van der Waals surface area (Å²) in [6, 6.07) is 14.8. The highest BCUT2D eigenvalue weighted by Crippen LogP contribution is 2.47. The van der Waals surface area contributed by atoms with Crippen LogP contribution in [0.5, 0.6) is 0 Å². The molecule has 3 aromatic rings. The molecular formula is C21H18ClFN4S. The van der Waals surface area contributed by atoms with Gasteiger partial charge in [-0.05, 0) is 42.5 Å². The number of benzene rings is 1. The van der Waals surface area contributed by atoms with Gasteiger partial charge in [-0.1, -0.05) is 36.4 Å². The van der Waals surface area contributed by atoms with Crippen LogP contribution in [0.2, 0.25) is 5.02 Å². The molecule has 7 heteroatoms. The lowest BCUT2D eigenvalue weighted by Gasteiger charge is -2.28. The third-order valence-electron chi connectivity index (χ3n) is 5.15. The smallest absolute Gasteiger partial charge is 0.160 e. The van der Waals surface area contributed by atoms with E-state index in [0.717, 1.165) is 28.8 Å². The molecule has 4 nitrogen and oxygen atoms in total. The Morgan fingerprint density at radius 1 is 1.18 bits per heavy atom. The first-order valence-corrected chi connectivity index (χ1v) is 10.4. The fourth-order valence-electron chi connectivity index (χ4n) is 3.94. The van der Waals surface area contributed by atoms with Crippen molar-refractivity contribution in [1.29, 1.82) is 0 Å². The van der Waals surface area contributed by atoms with Crippen molar-refractivity contribution in [2.45, 2.75) is 24.3 Å². The van der Waals surface area contributed by atoms with Crippen molar-refractivity contribution in [2.75, 3.05) is 6.54 Å². The maximum absolute atomic E-state index is 13.7. The summed E-state index contributed by atoms with van der Waals surface area (Å²) in [6.07, 6.45) is 3.80. The average Bonchev–Trinajstić information content (AvgIpc) is 3.38. The van der Waals surface area contributed by atoms with E-state index >= 15 is 0 Å². The molecule has 0 bridgehead atoms. The highest BCUT2D eigenvalue weighted by molar-refractivity contribution is 8.14. The van der Waals surface area contributed by atoms with Gasteiger partial charge in [0.2, 0.25) is 0 Å². The van der Waals surface area contributed by atoms with Crippen LogP contribution >= 0.6 is 23.4 Å². The topological polar surface area (TPSA) is 33.4 Å². The number of thioether (sulfide) groups is 1. The minimum atomic E-state index is -0.415. The van der Waals surface area contributed by atoms with Gasteiger partial charge in [-0.25, -0.2) is 4.39 Å². The van der Waals surface area contributed by atoms with Crippen LogP contribution in [0.15, 0.2) is 65.9 Å². The standard InChI is InChI=1S/C21H18ClFN4S/c1-13-12-27-20(19(25-21(27)28-13)17-5-2-3-9-24-17)18-6-4-10-26(18)14-7-8-16(23)15(22)11-14/h2-11,13,19-20H,12H2,1H3/t13-,19+,20-/m1/s1. The molecule has 0 radical (unpaired) electrons. The molecular weight excluding hydrogens is 395 g/mol. The number of hydrogen-bond donors (Lipinski definition) is 0. The first-order chi connectivity index (χ1) is 13.6. The Bertz CT molecular complexity index is 1050. The molecule has 0 saturated carbocycles. The number of aromatic nitrogens is 2. The quantitative estimate of drug-likeness (QED) is 0.588. The summed E-state index contributed by atoms with van der Waals surface area (Å²) in [5, 5.41) is 1.68. The molecule has 2 aliphatic heterocycles. The van der Waals surface area contributed by atoms with Gasteiger partial charge in [0.15, 0.2) is 5.17 Å². The molecule has 0 aliphatic carbocycles. The normalized spacial score (nSPS) is 23.8. The SMILES string of the molecule is C[C@@H]1CN2C(=N[C@@H](c3ccccn3)[C@H]2c2cccn2-c2ccc(F)c(Cl)c2)S1. The number of fused-ring (bicyclic) bond motifs is 1. The Morgan fingerprint density at radius 3 is 2.86 bits per heavy atom. The van der Waals surface area contributed by atoms with E-state index in [1.54, 1.807) is 12.1 Å². The molecule has 0 amide bonds. The zero-order chi connectivity index (χ0) is 19.3. The van der Waals surface area contributed by atoms with E-state index in [-0.39, 0.29) is 17.1 Å². The van der Waals surface area contributed by atoms with Crippen LogP contribution in [0.3, 0.4) is 0 Å². The third-order valence-corrected chi connectivity index (χ3v) is 6.54. The van der Waals surface area contributed by atoms with E-state index < -0.39 is 5.82 Å². The van der Waals surface area contributed by atoms with Crippen molar-refractivity contribution in [2.24, 2.45) is 4.99 Å². The monoisotopic (exact) mass is 412 g/mol. The van der Waals surface area contributed by atoms with Crippen LogP contribution in [-0.2, 0) is 0 Å². The van der Waals surface area contributed by atoms with Gasteiger partial charge in [-0.3, -0.25) is 9.98 Å². The van der Waals surface area contributed by atoms with E-state index in [1.165, 1.54) is 6.07 Å². The molecule has 2 aliphatic rings. The second-order valence-electron chi connectivity index (χ2n) is 7.04. The molecule has 142 valence electrons. The summed E-state index contributed by atoms with van der Waals surface area (Å²) in [5.74, 6) is -0.415. The molecule has 1 fully saturated rings. The number of halogens is 2. The zero-order valence-electron chi connectivity index (χ0n) is 15.2. The van der Waals surface area contributed by atoms with Crippen LogP contribution < -0.4 is 0 Å². The molecule has 5 rings (SSSR count). The van der Waals surface area contributed by atoms with Gasteiger partial charge in [0, 0.05) is 35.6 Å². The van der Waals surface area contributed by atoms with Gasteiger partial charge >= 0.3 is 0 Å². The van der Waals surface area contributed by atoms with Crippen LogP contribution in [0.25, 0.3) is 5.69 Å². The summed E-state index contributed by atoms with van der Waals surface area (Å²) in [5.41, 5.74) is 2.87. The molecule has 0 N–H and O–H groups in total. The summed E-state index contributed by atoms with van der Waals surface area (Å²) >= 11 is 7.85. The molecule has 1 aromatic carbocycles.